The van der Waals surface area contributed by atoms with Gasteiger partial charge in [0.2, 0.25) is 0 Å². The normalized spacial score (nSPS) is 24.6. The van der Waals surface area contributed by atoms with E-state index in [9.17, 15) is 0 Å². The fourth-order valence-electron chi connectivity index (χ4n) is 1.66. The molecule has 1 rings (SSSR count). The molecule has 0 spiro atoms. The van der Waals surface area contributed by atoms with E-state index in [1.165, 1.54) is 0 Å². The number of rotatable bonds is 4. The third-order valence-corrected chi connectivity index (χ3v) is 2.38. The number of hydrogen-bond acceptors (Lipinski definition) is 3. The Labute approximate surface area is 72.9 Å². The predicted molar refractivity (Wildman–Crippen MR) is 48.2 cm³/mol. The predicted octanol–water partition coefficient (Wildman–Crippen LogP) is -0.231. The average molecular weight is 171 g/mol. The van der Waals surface area contributed by atoms with Crippen molar-refractivity contribution in [2.75, 3.05) is 19.7 Å². The molecule has 1 fully saturated rings. The Hall–Kier alpha value is -0.610. The third-order valence-electron chi connectivity index (χ3n) is 2.38. The molecular weight excluding hydrogens is 154 g/mol. The van der Waals surface area contributed by atoms with Gasteiger partial charge in [-0.1, -0.05) is 0 Å². The molecule has 0 saturated carbocycles. The van der Waals surface area contributed by atoms with Gasteiger partial charge in [-0.05, 0) is 19.4 Å². The lowest BCUT2D eigenvalue weighted by molar-refractivity contribution is 0.161. The molecule has 0 radical (unpaired) electrons. The number of nitrogens with two attached hydrogens (primary N) is 1. The smallest absolute Gasteiger partial charge is 0.0918 e. The number of nitrogens with one attached hydrogen (secondary N) is 1. The fraction of sp³-hybridized carbons (Fsp3) is 0.875. The fourth-order valence-corrected chi connectivity index (χ4v) is 1.66. The van der Waals surface area contributed by atoms with Crippen molar-refractivity contribution in [2.24, 2.45) is 5.73 Å². The highest BCUT2D eigenvalue weighted by Crippen LogP contribution is 2.16. The van der Waals surface area contributed by atoms with Crippen molar-refractivity contribution in [1.29, 1.82) is 5.41 Å². The Morgan fingerprint density at radius 1 is 1.67 bits per heavy atom. The van der Waals surface area contributed by atoms with Gasteiger partial charge in [0.05, 0.1) is 12.4 Å². The van der Waals surface area contributed by atoms with Crippen LogP contribution in [0.25, 0.3) is 0 Å². The molecular formula is C8H17N3O. The highest BCUT2D eigenvalue weighted by atomic mass is 16.3. The molecule has 1 atom stereocenters. The van der Waals surface area contributed by atoms with E-state index in [1.54, 1.807) is 0 Å². The minimum absolute atomic E-state index is 0.234. The molecule has 1 heterocycles. The first-order valence-electron chi connectivity index (χ1n) is 4.42. The molecule has 4 N–H and O–H groups in total. The molecule has 1 saturated heterocycles. The number of nitrogens with zero attached hydrogens (tertiary/aromatic N) is 1. The zero-order valence-corrected chi connectivity index (χ0v) is 7.29. The van der Waals surface area contributed by atoms with Crippen LogP contribution in [0.15, 0.2) is 0 Å². The number of amidine groups is 1. The number of likely N-dealkylation sites (tertiary alicyclic amines) is 1. The van der Waals surface area contributed by atoms with Crippen molar-refractivity contribution >= 4 is 5.84 Å². The molecule has 1 aliphatic heterocycles. The van der Waals surface area contributed by atoms with Crippen molar-refractivity contribution in [3.8, 4) is 0 Å². The Morgan fingerprint density at radius 3 is 3.00 bits per heavy atom. The van der Waals surface area contributed by atoms with E-state index in [1.807, 2.05) is 0 Å². The van der Waals surface area contributed by atoms with E-state index < -0.39 is 0 Å². The lowest BCUT2D eigenvalue weighted by atomic mass is 10.2. The van der Waals surface area contributed by atoms with Crippen molar-refractivity contribution in [1.82, 2.24) is 4.90 Å². The third kappa shape index (κ3) is 2.46. The van der Waals surface area contributed by atoms with Gasteiger partial charge in [0.1, 0.15) is 0 Å². The maximum absolute atomic E-state index is 8.98. The quantitative estimate of drug-likeness (QED) is 0.404. The van der Waals surface area contributed by atoms with Gasteiger partial charge in [0.25, 0.3) is 0 Å². The molecule has 1 aliphatic rings. The summed E-state index contributed by atoms with van der Waals surface area (Å²) < 4.78 is 0. The minimum atomic E-state index is 0.234. The Kier molecular flexibility index (Phi) is 3.49. The van der Waals surface area contributed by atoms with Crippen LogP contribution < -0.4 is 5.73 Å². The lowest BCUT2D eigenvalue weighted by Crippen LogP contribution is -2.34. The summed E-state index contributed by atoms with van der Waals surface area (Å²) in [5, 5.41) is 16.0. The van der Waals surface area contributed by atoms with E-state index in [0.717, 1.165) is 25.9 Å². The van der Waals surface area contributed by atoms with Crippen molar-refractivity contribution in [3.63, 3.8) is 0 Å². The van der Waals surface area contributed by atoms with E-state index in [4.69, 9.17) is 16.2 Å². The van der Waals surface area contributed by atoms with Crippen LogP contribution in [0, 0.1) is 5.41 Å². The molecule has 0 aromatic rings. The summed E-state index contributed by atoms with van der Waals surface area (Å²) in [6.07, 6.45) is 2.86. The number of hydrogen-bond donors (Lipinski definition) is 3. The van der Waals surface area contributed by atoms with Crippen LogP contribution in [-0.4, -0.2) is 41.6 Å². The molecule has 0 aromatic heterocycles. The summed E-state index contributed by atoms with van der Waals surface area (Å²) in [6.45, 7) is 2.09. The zero-order valence-electron chi connectivity index (χ0n) is 7.29. The maximum atomic E-state index is 8.98. The highest BCUT2D eigenvalue weighted by molar-refractivity contribution is 5.76. The molecule has 0 aliphatic carbocycles. The number of aliphatic hydroxyl groups is 1. The van der Waals surface area contributed by atoms with Gasteiger partial charge in [0, 0.05) is 19.0 Å². The standard InChI is InChI=1S/C8H17N3O/c9-8(10)3-5-11-4-1-2-7(11)6-12/h7,12H,1-6H2,(H3,9,10). The van der Waals surface area contributed by atoms with Crippen molar-refractivity contribution in [2.45, 2.75) is 25.3 Å². The van der Waals surface area contributed by atoms with Gasteiger partial charge < -0.3 is 10.8 Å². The second kappa shape index (κ2) is 4.42. The molecule has 4 nitrogen and oxygen atoms in total. The lowest BCUT2D eigenvalue weighted by Gasteiger charge is -2.21. The van der Waals surface area contributed by atoms with Crippen molar-refractivity contribution in [3.05, 3.63) is 0 Å². The van der Waals surface area contributed by atoms with Crippen molar-refractivity contribution < 1.29 is 5.11 Å². The minimum Gasteiger partial charge on any atom is -0.395 e. The first-order valence-corrected chi connectivity index (χ1v) is 4.42. The summed E-state index contributed by atoms with van der Waals surface area (Å²) in [6, 6.07) is 0.310. The monoisotopic (exact) mass is 171 g/mol. The van der Waals surface area contributed by atoms with Crippen LogP contribution in [0.2, 0.25) is 0 Å². The Balaban J connectivity index is 2.26. The van der Waals surface area contributed by atoms with E-state index in [2.05, 4.69) is 4.90 Å². The van der Waals surface area contributed by atoms with E-state index >= 15 is 0 Å². The summed E-state index contributed by atoms with van der Waals surface area (Å²) in [4.78, 5) is 2.21. The van der Waals surface area contributed by atoms with Crippen LogP contribution in [0.5, 0.6) is 0 Å². The summed E-state index contributed by atoms with van der Waals surface area (Å²) in [5.74, 6) is 0.235. The van der Waals surface area contributed by atoms with Gasteiger partial charge in [0.15, 0.2) is 0 Å². The maximum Gasteiger partial charge on any atom is 0.0918 e. The second-order valence-electron chi connectivity index (χ2n) is 3.29. The summed E-state index contributed by atoms with van der Waals surface area (Å²) in [5.41, 5.74) is 5.25. The second-order valence-corrected chi connectivity index (χ2v) is 3.29. The van der Waals surface area contributed by atoms with Gasteiger partial charge in [-0.25, -0.2) is 0 Å². The van der Waals surface area contributed by atoms with Gasteiger partial charge in [-0.15, -0.1) is 0 Å². The van der Waals surface area contributed by atoms with E-state index in [0.29, 0.717) is 12.5 Å². The van der Waals surface area contributed by atoms with Crippen LogP contribution in [0.4, 0.5) is 0 Å². The SMILES string of the molecule is N=C(N)CCN1CCCC1CO. The molecule has 0 bridgehead atoms. The highest BCUT2D eigenvalue weighted by Gasteiger charge is 2.22. The van der Waals surface area contributed by atoms with Crippen LogP contribution in [0.1, 0.15) is 19.3 Å². The van der Waals surface area contributed by atoms with Crippen LogP contribution in [-0.2, 0) is 0 Å². The Bertz CT molecular complexity index is 160. The first kappa shape index (κ1) is 9.48. The summed E-state index contributed by atoms with van der Waals surface area (Å²) >= 11 is 0. The van der Waals surface area contributed by atoms with Gasteiger partial charge in [-0.2, -0.15) is 0 Å². The topological polar surface area (TPSA) is 73.3 Å². The average Bonchev–Trinajstić information content (AvgIpc) is 2.47. The number of aliphatic hydroxyl groups excluding tert-OH is 1. The molecule has 4 heteroatoms. The van der Waals surface area contributed by atoms with Crippen LogP contribution >= 0.6 is 0 Å². The van der Waals surface area contributed by atoms with Gasteiger partial charge in [-0.3, -0.25) is 10.3 Å². The zero-order chi connectivity index (χ0) is 8.97. The van der Waals surface area contributed by atoms with Gasteiger partial charge >= 0.3 is 0 Å². The van der Waals surface area contributed by atoms with E-state index in [-0.39, 0.29) is 12.4 Å². The Morgan fingerprint density at radius 2 is 2.42 bits per heavy atom. The molecule has 0 amide bonds. The summed E-state index contributed by atoms with van der Waals surface area (Å²) in [7, 11) is 0. The first-order chi connectivity index (χ1) is 5.74. The largest absolute Gasteiger partial charge is 0.395 e. The molecule has 70 valence electrons. The van der Waals surface area contributed by atoms with Crippen LogP contribution in [0.3, 0.4) is 0 Å². The molecule has 0 aromatic carbocycles. The molecule has 1 unspecified atom stereocenters. The molecule has 12 heavy (non-hydrogen) atoms.